The molecule has 0 bridgehead atoms. The summed E-state index contributed by atoms with van der Waals surface area (Å²) < 4.78 is 0. The molecular weight excluding hydrogens is 400 g/mol. The summed E-state index contributed by atoms with van der Waals surface area (Å²) in [7, 11) is 2.18. The summed E-state index contributed by atoms with van der Waals surface area (Å²) in [6.07, 6.45) is 3.19. The lowest BCUT2D eigenvalue weighted by Gasteiger charge is -2.41. The Kier molecular flexibility index (Phi) is 6.63. The zero-order chi connectivity index (χ0) is 22.8. The maximum atomic E-state index is 12.5. The largest absolute Gasteiger partial charge is 0.326 e. The van der Waals surface area contributed by atoms with Crippen LogP contribution in [0.1, 0.15) is 51.6 Å². The van der Waals surface area contributed by atoms with Crippen molar-refractivity contribution < 1.29 is 9.59 Å². The maximum absolute atomic E-state index is 12.5. The van der Waals surface area contributed by atoms with E-state index in [9.17, 15) is 9.59 Å². The molecule has 2 aliphatic rings. The predicted molar refractivity (Wildman–Crippen MR) is 130 cm³/mol. The Hall–Kier alpha value is -2.70. The topological polar surface area (TPSA) is 64.7 Å². The number of fused-ring (bicyclic) bond motifs is 1. The minimum absolute atomic E-state index is 0.0805. The molecule has 2 N–H and O–H groups in total. The molecule has 170 valence electrons. The van der Waals surface area contributed by atoms with Crippen molar-refractivity contribution in [2.45, 2.75) is 58.2 Å². The minimum Gasteiger partial charge on any atom is -0.326 e. The van der Waals surface area contributed by atoms with Gasteiger partial charge in [-0.1, -0.05) is 18.2 Å². The quantitative estimate of drug-likeness (QED) is 0.758. The van der Waals surface area contributed by atoms with Gasteiger partial charge in [0.1, 0.15) is 0 Å². The third-order valence-corrected chi connectivity index (χ3v) is 6.69. The molecule has 0 radical (unpaired) electrons. The number of nitrogens with one attached hydrogen (secondary N) is 2. The minimum atomic E-state index is -0.0823. The van der Waals surface area contributed by atoms with Gasteiger partial charge in [-0.05, 0) is 87.3 Å². The molecule has 0 saturated carbocycles. The molecule has 2 aliphatic heterocycles. The van der Waals surface area contributed by atoms with Crippen LogP contribution in [0.3, 0.4) is 0 Å². The standard InChI is InChI=1S/C26H34N4O2/c1-17-14-25(28-22-10-12-29(4)13-11-22)24-16-21(8-9-26(24)30(17)19(3)32)20-6-5-7-23(15-20)27-18(2)31/h5-9,15-17,22,25,28H,10-14H2,1-4H3,(H,27,31)/t17-,25+/m0/s1. The molecule has 1 fully saturated rings. The smallest absolute Gasteiger partial charge is 0.224 e. The fraction of sp³-hybridized carbons (Fsp3) is 0.462. The molecule has 2 aromatic rings. The van der Waals surface area contributed by atoms with Gasteiger partial charge in [-0.15, -0.1) is 0 Å². The number of amides is 2. The van der Waals surface area contributed by atoms with Crippen molar-refractivity contribution in [3.63, 3.8) is 0 Å². The zero-order valence-corrected chi connectivity index (χ0v) is 19.5. The van der Waals surface area contributed by atoms with Gasteiger partial charge in [-0.3, -0.25) is 9.59 Å². The Morgan fingerprint density at radius 3 is 2.41 bits per heavy atom. The lowest BCUT2D eigenvalue weighted by Crippen LogP contribution is -2.48. The van der Waals surface area contributed by atoms with Crippen molar-refractivity contribution in [3.8, 4) is 11.1 Å². The summed E-state index contributed by atoms with van der Waals surface area (Å²) in [5.74, 6) is -0.00188. The van der Waals surface area contributed by atoms with Crippen LogP contribution in [0.5, 0.6) is 0 Å². The zero-order valence-electron chi connectivity index (χ0n) is 19.5. The van der Waals surface area contributed by atoms with Crippen LogP contribution in [-0.2, 0) is 9.59 Å². The first-order valence-electron chi connectivity index (χ1n) is 11.6. The third kappa shape index (κ3) is 4.87. The summed E-state index contributed by atoms with van der Waals surface area (Å²) in [5, 5.41) is 6.78. The van der Waals surface area contributed by atoms with Gasteiger partial charge in [0.25, 0.3) is 0 Å². The first-order chi connectivity index (χ1) is 15.3. The monoisotopic (exact) mass is 434 g/mol. The van der Waals surface area contributed by atoms with E-state index in [1.807, 2.05) is 23.1 Å². The van der Waals surface area contributed by atoms with Crippen molar-refractivity contribution >= 4 is 23.2 Å². The van der Waals surface area contributed by atoms with Gasteiger partial charge in [0, 0.05) is 43.3 Å². The normalized spacial score (nSPS) is 21.8. The Morgan fingerprint density at radius 1 is 1.00 bits per heavy atom. The molecule has 2 atom stereocenters. The van der Waals surface area contributed by atoms with E-state index in [-0.39, 0.29) is 23.9 Å². The van der Waals surface area contributed by atoms with E-state index in [1.165, 1.54) is 12.5 Å². The number of benzene rings is 2. The van der Waals surface area contributed by atoms with Crippen LogP contribution < -0.4 is 15.5 Å². The molecule has 2 aromatic carbocycles. The molecule has 0 spiro atoms. The van der Waals surface area contributed by atoms with Crippen molar-refractivity contribution in [2.24, 2.45) is 0 Å². The Balaban J connectivity index is 1.68. The summed E-state index contributed by atoms with van der Waals surface area (Å²) in [4.78, 5) is 28.3. The van der Waals surface area contributed by atoms with Gasteiger partial charge in [-0.2, -0.15) is 0 Å². The van der Waals surface area contributed by atoms with E-state index in [0.717, 1.165) is 54.9 Å². The van der Waals surface area contributed by atoms with Gasteiger partial charge in [0.2, 0.25) is 11.8 Å². The Labute approximate surface area is 191 Å². The number of nitrogens with zero attached hydrogens (tertiary/aromatic N) is 2. The fourth-order valence-corrected chi connectivity index (χ4v) is 5.12. The number of piperidine rings is 1. The molecule has 0 aliphatic carbocycles. The van der Waals surface area contributed by atoms with Crippen LogP contribution in [0.15, 0.2) is 42.5 Å². The van der Waals surface area contributed by atoms with Crippen LogP contribution in [-0.4, -0.2) is 48.9 Å². The Bertz CT molecular complexity index is 997. The maximum Gasteiger partial charge on any atom is 0.224 e. The molecule has 32 heavy (non-hydrogen) atoms. The van der Waals surface area contributed by atoms with Crippen LogP contribution in [0.25, 0.3) is 11.1 Å². The molecule has 6 nitrogen and oxygen atoms in total. The van der Waals surface area contributed by atoms with Crippen molar-refractivity contribution in [2.75, 3.05) is 30.4 Å². The summed E-state index contributed by atoms with van der Waals surface area (Å²) in [5.41, 5.74) is 5.10. The number of carbonyl (C=O) groups excluding carboxylic acids is 2. The van der Waals surface area contributed by atoms with E-state index in [2.05, 4.69) is 53.8 Å². The second kappa shape index (κ2) is 9.43. The summed E-state index contributed by atoms with van der Waals surface area (Å²) in [6.45, 7) is 7.53. The summed E-state index contributed by atoms with van der Waals surface area (Å²) >= 11 is 0. The molecule has 0 aromatic heterocycles. The SMILES string of the molecule is CC(=O)Nc1cccc(-c2ccc3c(c2)[C@H](NC2CCN(C)CC2)C[C@H](C)N3C(C)=O)c1. The average molecular weight is 435 g/mol. The van der Waals surface area contributed by atoms with E-state index >= 15 is 0 Å². The highest BCUT2D eigenvalue weighted by Gasteiger charge is 2.34. The van der Waals surface area contributed by atoms with Crippen molar-refractivity contribution in [1.82, 2.24) is 10.2 Å². The molecule has 1 saturated heterocycles. The Morgan fingerprint density at radius 2 is 1.72 bits per heavy atom. The molecule has 0 unspecified atom stereocenters. The van der Waals surface area contributed by atoms with Gasteiger partial charge in [0.05, 0.1) is 0 Å². The lowest BCUT2D eigenvalue weighted by atomic mass is 9.88. The van der Waals surface area contributed by atoms with Crippen molar-refractivity contribution in [1.29, 1.82) is 0 Å². The highest BCUT2D eigenvalue weighted by Crippen LogP contribution is 2.40. The highest BCUT2D eigenvalue weighted by atomic mass is 16.2. The molecule has 4 rings (SSSR count). The second-order valence-electron chi connectivity index (χ2n) is 9.31. The first-order valence-corrected chi connectivity index (χ1v) is 11.6. The van der Waals surface area contributed by atoms with Gasteiger partial charge >= 0.3 is 0 Å². The van der Waals surface area contributed by atoms with E-state index in [0.29, 0.717) is 6.04 Å². The number of hydrogen-bond acceptors (Lipinski definition) is 4. The summed E-state index contributed by atoms with van der Waals surface area (Å²) in [6, 6.07) is 15.1. The lowest BCUT2D eigenvalue weighted by molar-refractivity contribution is -0.117. The first kappa shape index (κ1) is 22.5. The fourth-order valence-electron chi connectivity index (χ4n) is 5.12. The second-order valence-corrected chi connectivity index (χ2v) is 9.31. The van der Waals surface area contributed by atoms with E-state index in [4.69, 9.17) is 0 Å². The molecular formula is C26H34N4O2. The van der Waals surface area contributed by atoms with Gasteiger partial charge < -0.3 is 20.4 Å². The van der Waals surface area contributed by atoms with Gasteiger partial charge in [-0.25, -0.2) is 0 Å². The predicted octanol–water partition coefficient (Wildman–Crippen LogP) is 4.18. The molecule has 2 heterocycles. The number of anilines is 2. The van der Waals surface area contributed by atoms with Crippen LogP contribution in [0.2, 0.25) is 0 Å². The van der Waals surface area contributed by atoms with Crippen LogP contribution in [0, 0.1) is 0 Å². The number of hydrogen-bond donors (Lipinski definition) is 2. The third-order valence-electron chi connectivity index (χ3n) is 6.69. The van der Waals surface area contributed by atoms with Crippen LogP contribution >= 0.6 is 0 Å². The van der Waals surface area contributed by atoms with E-state index < -0.39 is 0 Å². The van der Waals surface area contributed by atoms with Crippen molar-refractivity contribution in [3.05, 3.63) is 48.0 Å². The highest BCUT2D eigenvalue weighted by molar-refractivity contribution is 5.94. The van der Waals surface area contributed by atoms with Gasteiger partial charge in [0.15, 0.2) is 0 Å². The molecule has 2 amide bonds. The molecule has 6 heteroatoms. The van der Waals surface area contributed by atoms with Crippen LogP contribution in [0.4, 0.5) is 11.4 Å². The number of likely N-dealkylation sites (tertiary alicyclic amines) is 1. The number of carbonyl (C=O) groups is 2. The number of rotatable bonds is 4. The average Bonchev–Trinajstić information content (AvgIpc) is 2.74. The van der Waals surface area contributed by atoms with E-state index in [1.54, 1.807) is 6.92 Å².